The van der Waals surface area contributed by atoms with E-state index in [0.29, 0.717) is 95.7 Å². The first-order chi connectivity index (χ1) is 39.5. The third kappa shape index (κ3) is 17.3. The Bertz CT molecular complexity index is 3590. The van der Waals surface area contributed by atoms with E-state index < -0.39 is 45.1 Å². The van der Waals surface area contributed by atoms with Gasteiger partial charge in [0.1, 0.15) is 6.54 Å². The zero-order valence-corrected chi connectivity index (χ0v) is 47.8. The molecule has 4 aromatic carbocycles. The van der Waals surface area contributed by atoms with Gasteiger partial charge in [-0.25, -0.2) is 21.2 Å². The highest BCUT2D eigenvalue weighted by Gasteiger charge is 2.36. The molecule has 2 saturated heterocycles. The van der Waals surface area contributed by atoms with Gasteiger partial charge in [0.25, 0.3) is 0 Å². The van der Waals surface area contributed by atoms with Crippen molar-refractivity contribution >= 4 is 76.0 Å². The van der Waals surface area contributed by atoms with Gasteiger partial charge in [-0.15, -0.1) is 0 Å². The van der Waals surface area contributed by atoms with E-state index in [4.69, 9.17) is 0 Å². The summed E-state index contributed by atoms with van der Waals surface area (Å²) in [5.74, 6) is 11.2. The highest BCUT2D eigenvalue weighted by molar-refractivity contribution is 7.91. The molecule has 83 heavy (non-hydrogen) atoms. The average Bonchev–Trinajstić information content (AvgIpc) is 3.08. The van der Waals surface area contributed by atoms with Crippen LogP contribution in [0.4, 0.5) is 49.1 Å². The quantitative estimate of drug-likeness (QED) is 0.0205. The Balaban J connectivity index is 0.708. The van der Waals surface area contributed by atoms with Crippen LogP contribution in [0.5, 0.6) is 0 Å². The second kappa shape index (κ2) is 27.3. The Hall–Kier alpha value is -7.38. The number of nitrogens with one attached hydrogen (secondary N) is 6. The summed E-state index contributed by atoms with van der Waals surface area (Å²) in [5.41, 5.74) is 3.16. The van der Waals surface area contributed by atoms with Crippen LogP contribution in [0.1, 0.15) is 56.3 Å². The fraction of sp³-hybridized carbons (Fsp3) is 0.424. The van der Waals surface area contributed by atoms with Crippen molar-refractivity contribution in [3.63, 3.8) is 0 Å². The highest BCUT2D eigenvalue weighted by Crippen LogP contribution is 2.36. The fourth-order valence-corrected chi connectivity index (χ4v) is 11.5. The van der Waals surface area contributed by atoms with Crippen LogP contribution in [0.2, 0.25) is 0 Å². The van der Waals surface area contributed by atoms with Crippen LogP contribution in [0.3, 0.4) is 0 Å². The zero-order chi connectivity index (χ0) is 59.4. The Morgan fingerprint density at radius 1 is 0.590 bits per heavy atom. The number of fused-ring (bicyclic) bond motifs is 2. The summed E-state index contributed by atoms with van der Waals surface area (Å²) in [7, 11) is -6.73. The molecule has 0 radical (unpaired) electrons. The number of benzene rings is 4. The first kappa shape index (κ1) is 61.7. The fourth-order valence-electron chi connectivity index (χ4n) is 10.2. The van der Waals surface area contributed by atoms with Gasteiger partial charge in [-0.05, 0) is 142 Å². The van der Waals surface area contributed by atoms with Gasteiger partial charge < -0.3 is 36.5 Å². The van der Waals surface area contributed by atoms with Crippen LogP contribution < -0.4 is 31.9 Å². The lowest BCUT2D eigenvalue weighted by Crippen LogP contribution is -2.44. The van der Waals surface area contributed by atoms with E-state index in [0.717, 1.165) is 49.2 Å². The summed E-state index contributed by atoms with van der Waals surface area (Å²) in [6.07, 6.45) is 2.85. The second-order valence-electron chi connectivity index (χ2n) is 20.9. The highest BCUT2D eigenvalue weighted by atomic mass is 32.2. The number of carbonyl (C=O) groups is 2. The summed E-state index contributed by atoms with van der Waals surface area (Å²) in [5, 5.41) is 20.1. The molecule has 0 atom stereocenters. The van der Waals surface area contributed by atoms with Gasteiger partial charge in [0.15, 0.2) is 26.3 Å². The SMILES string of the molecule is CS(=O)(=O)c1ccc(NCC#Cc2cc3c(NC4CCN(CC(=O)NCCCCCNC(=O)CN5CCC(Nc6cccc7c6cc(C#CCNc6ccc(S(C)(=O)=O)cc6)n7C(F)(F)CF)CC5)CC4)cccc3n2CC(F)(F)F)cc1. The van der Waals surface area contributed by atoms with Crippen molar-refractivity contribution in [3.8, 4) is 23.7 Å². The molecule has 6 N–H and O–H groups in total. The van der Waals surface area contributed by atoms with E-state index in [9.17, 15) is 44.0 Å². The molecular weight excluding hydrogens is 1120 g/mol. The molecule has 16 nitrogen and oxygen atoms in total. The van der Waals surface area contributed by atoms with Gasteiger partial charge in [0.05, 0.1) is 58.4 Å². The maximum Gasteiger partial charge on any atom is 0.406 e. The van der Waals surface area contributed by atoms with Crippen molar-refractivity contribution in [1.29, 1.82) is 0 Å². The number of hydrogen-bond acceptors (Lipinski definition) is 12. The molecule has 0 saturated carbocycles. The molecule has 8 rings (SSSR count). The normalized spacial score (nSPS) is 15.0. The summed E-state index contributed by atoms with van der Waals surface area (Å²) in [6, 6.07) is 21.6. The molecule has 2 amide bonds. The predicted molar refractivity (Wildman–Crippen MR) is 312 cm³/mol. The molecule has 2 aliphatic heterocycles. The third-order valence-electron chi connectivity index (χ3n) is 14.5. The smallest absolute Gasteiger partial charge is 0.382 e. The summed E-state index contributed by atoms with van der Waals surface area (Å²) < 4.78 is 134. The third-order valence-corrected chi connectivity index (χ3v) is 16.8. The van der Waals surface area contributed by atoms with Crippen molar-refractivity contribution < 1.29 is 52.8 Å². The van der Waals surface area contributed by atoms with Gasteiger partial charge in [0, 0.05) is 97.4 Å². The van der Waals surface area contributed by atoms with E-state index >= 15 is 8.78 Å². The molecule has 2 aromatic heterocycles. The van der Waals surface area contributed by atoms with Crippen molar-refractivity contribution in [2.24, 2.45) is 0 Å². The van der Waals surface area contributed by atoms with Gasteiger partial charge in [-0.1, -0.05) is 24.0 Å². The number of anilines is 4. The number of sulfone groups is 2. The molecule has 4 heterocycles. The Kier molecular flexibility index (Phi) is 20.3. The van der Waals surface area contributed by atoms with Crippen LogP contribution in [0.25, 0.3) is 21.8 Å². The number of likely N-dealkylation sites (tertiary alicyclic amines) is 2. The Morgan fingerprint density at radius 2 is 1.02 bits per heavy atom. The maximum absolute atomic E-state index is 15.1. The zero-order valence-electron chi connectivity index (χ0n) is 46.1. The molecule has 0 bridgehead atoms. The number of amides is 2. The molecule has 0 spiro atoms. The second-order valence-corrected chi connectivity index (χ2v) is 25.0. The summed E-state index contributed by atoms with van der Waals surface area (Å²) in [6.45, 7) is 1.10. The number of hydrogen-bond donors (Lipinski definition) is 6. The van der Waals surface area contributed by atoms with Gasteiger partial charge in [-0.3, -0.25) is 24.0 Å². The van der Waals surface area contributed by atoms with E-state index in [2.05, 4.69) is 65.4 Å². The first-order valence-electron chi connectivity index (χ1n) is 27.4. The minimum Gasteiger partial charge on any atom is -0.382 e. The van der Waals surface area contributed by atoms with E-state index in [-0.39, 0.29) is 76.8 Å². The van der Waals surface area contributed by atoms with E-state index in [1.807, 2.05) is 6.07 Å². The molecule has 0 aliphatic carbocycles. The number of carbonyl (C=O) groups excluding carboxylic acids is 2. The number of piperidine rings is 2. The lowest BCUT2D eigenvalue weighted by Gasteiger charge is -2.32. The first-order valence-corrected chi connectivity index (χ1v) is 31.2. The predicted octanol–water partition coefficient (Wildman–Crippen LogP) is 8.27. The Morgan fingerprint density at radius 3 is 1.47 bits per heavy atom. The summed E-state index contributed by atoms with van der Waals surface area (Å²) >= 11 is 0. The number of aromatic nitrogens is 2. The number of rotatable bonds is 23. The van der Waals surface area contributed by atoms with Crippen LogP contribution in [0, 0.1) is 23.7 Å². The maximum atomic E-state index is 15.1. The molecule has 24 heteroatoms. The van der Waals surface area contributed by atoms with Gasteiger partial charge in [0.2, 0.25) is 11.8 Å². The molecule has 444 valence electrons. The van der Waals surface area contributed by atoms with Crippen molar-refractivity contribution in [1.82, 2.24) is 29.6 Å². The van der Waals surface area contributed by atoms with Crippen molar-refractivity contribution in [3.05, 3.63) is 108 Å². The summed E-state index contributed by atoms with van der Waals surface area (Å²) in [4.78, 5) is 30.2. The largest absolute Gasteiger partial charge is 0.406 e. The minimum absolute atomic E-state index is 0.00862. The average molecular weight is 1190 g/mol. The van der Waals surface area contributed by atoms with Crippen LogP contribution in [0.15, 0.2) is 107 Å². The molecule has 0 unspecified atom stereocenters. The molecule has 2 aliphatic rings. The van der Waals surface area contributed by atoms with Gasteiger partial charge in [-0.2, -0.15) is 22.0 Å². The van der Waals surface area contributed by atoms with Crippen molar-refractivity contribution in [2.75, 3.05) is 106 Å². The lowest BCUT2D eigenvalue weighted by molar-refractivity contribution is -0.140. The number of alkyl halides is 6. The van der Waals surface area contributed by atoms with Crippen molar-refractivity contribution in [2.45, 2.75) is 85.6 Å². The monoisotopic (exact) mass is 1190 g/mol. The Labute approximate surface area is 479 Å². The molecule has 6 aromatic rings. The van der Waals surface area contributed by atoms with Crippen LogP contribution >= 0.6 is 0 Å². The minimum atomic E-state index is -4.49. The van der Waals surface area contributed by atoms with E-state index in [1.165, 1.54) is 36.4 Å². The molecular formula is C59H68F6N10O6S2. The number of halogens is 6. The van der Waals surface area contributed by atoms with Gasteiger partial charge >= 0.3 is 12.2 Å². The molecule has 2 fully saturated rings. The topological polar surface area (TPSA) is 191 Å². The number of nitrogens with zero attached hydrogens (tertiary/aromatic N) is 4. The standard InChI is InChI=1S/C59H68F6N10O6S2/c1-82(78,79)48-20-16-42(17-21-48)66-30-8-10-46-36-50-52(12-6-14-54(50)74(46)41-58(61,62)63)70-44-24-32-72(33-25-44)38-56(76)68-28-4-3-5-29-69-57(77)39-73-34-26-45(27-35-73)71-53-13-7-15-55-51(53)37-47(75(55)59(64,65)40-60)11-9-31-67-43-18-22-49(23-19-43)83(2,80)81/h6-7,12-23,36-37,44-45,66-67,70-71H,3-5,24-35,38-41H2,1-2H3,(H,68,76)(H,69,77). The van der Waals surface area contributed by atoms with E-state index in [1.54, 1.807) is 54.6 Å². The van der Waals surface area contributed by atoms with Crippen LogP contribution in [-0.4, -0.2) is 150 Å². The lowest BCUT2D eigenvalue weighted by atomic mass is 10.0. The van der Waals surface area contributed by atoms with Crippen LogP contribution in [-0.2, 0) is 41.9 Å². The number of unbranched alkanes of at least 4 members (excludes halogenated alkanes) is 2.